The second-order valence-corrected chi connectivity index (χ2v) is 9.88. The molecule has 5 rings (SSSR count). The predicted octanol–water partition coefficient (Wildman–Crippen LogP) is 2.34. The smallest absolute Gasteiger partial charge is 0.289 e. The highest BCUT2D eigenvalue weighted by Crippen LogP contribution is 2.31. The molecule has 0 saturated carbocycles. The fourth-order valence-electron chi connectivity index (χ4n) is 4.09. The zero-order chi connectivity index (χ0) is 26.1. The number of aryl methyl sites for hydroxylation is 2. The number of thiazole rings is 1. The van der Waals surface area contributed by atoms with E-state index in [2.05, 4.69) is 36.1 Å². The Kier molecular flexibility index (Phi) is 6.80. The first kappa shape index (κ1) is 24.7. The van der Waals surface area contributed by atoms with Gasteiger partial charge in [0.2, 0.25) is 0 Å². The number of rotatable bonds is 4. The maximum Gasteiger partial charge on any atom is 0.289 e. The Labute approximate surface area is 220 Å². The van der Waals surface area contributed by atoms with Crippen molar-refractivity contribution in [3.8, 4) is 0 Å². The van der Waals surface area contributed by atoms with Crippen LogP contribution in [0.25, 0.3) is 5.65 Å². The lowest BCUT2D eigenvalue weighted by molar-refractivity contribution is 0.0703. The van der Waals surface area contributed by atoms with Gasteiger partial charge in [0.25, 0.3) is 17.7 Å². The zero-order valence-electron chi connectivity index (χ0n) is 19.9. The van der Waals surface area contributed by atoms with Crippen LogP contribution in [0.1, 0.15) is 66.5 Å². The number of halogens is 1. The minimum Gasteiger partial charge on any atom is -0.337 e. The number of pyridine rings is 1. The topological polar surface area (TPSA) is 147 Å². The van der Waals surface area contributed by atoms with Gasteiger partial charge in [-0.2, -0.15) is 5.10 Å². The number of hydrogen-bond acceptors (Lipinski definition) is 9. The minimum absolute atomic E-state index is 0.119. The van der Waals surface area contributed by atoms with Gasteiger partial charge >= 0.3 is 0 Å². The molecule has 37 heavy (non-hydrogen) atoms. The van der Waals surface area contributed by atoms with E-state index in [9.17, 15) is 14.4 Å². The van der Waals surface area contributed by atoms with E-state index in [0.29, 0.717) is 43.0 Å². The molecule has 0 spiro atoms. The van der Waals surface area contributed by atoms with E-state index in [-0.39, 0.29) is 28.2 Å². The quantitative estimate of drug-likeness (QED) is 0.296. The Balaban J connectivity index is 1.16. The third-order valence-electron chi connectivity index (χ3n) is 6.09. The molecule has 1 aliphatic rings. The molecule has 1 aliphatic heterocycles. The Morgan fingerprint density at radius 2 is 1.84 bits per heavy atom. The van der Waals surface area contributed by atoms with Crippen molar-refractivity contribution < 1.29 is 14.4 Å². The molecule has 3 amide bonds. The molecule has 4 aromatic heterocycles. The first-order valence-electron chi connectivity index (χ1n) is 11.5. The normalized spacial score (nSPS) is 14.1. The van der Waals surface area contributed by atoms with Crippen LogP contribution in [0, 0.1) is 13.8 Å². The largest absolute Gasteiger partial charge is 0.337 e. The summed E-state index contributed by atoms with van der Waals surface area (Å²) in [5.41, 5.74) is 7.52. The average molecular weight is 540 g/mol. The highest BCUT2D eigenvalue weighted by atomic mass is 35.5. The molecule has 0 atom stereocenters. The second kappa shape index (κ2) is 10.2. The molecule has 12 nitrogen and oxygen atoms in total. The number of likely N-dealkylation sites (tertiary alicyclic amines) is 1. The van der Waals surface area contributed by atoms with E-state index in [1.54, 1.807) is 14.8 Å². The molecule has 190 valence electrons. The summed E-state index contributed by atoms with van der Waals surface area (Å²) in [5.74, 6) is -1.10. The fraction of sp³-hybridized carbons (Fsp3) is 0.304. The van der Waals surface area contributed by atoms with Crippen molar-refractivity contribution in [1.29, 1.82) is 0 Å². The number of nitrogens with one attached hydrogen (secondary N) is 2. The van der Waals surface area contributed by atoms with E-state index in [0.717, 1.165) is 10.7 Å². The average Bonchev–Trinajstić information content (AvgIpc) is 3.55. The van der Waals surface area contributed by atoms with Gasteiger partial charge in [0.05, 0.1) is 22.0 Å². The minimum atomic E-state index is -0.524. The standard InChI is InChI=1S/C23H22ClN9O3S/c1-12-9-18-27-28-19(13(2)33(18)31-12)23(36)32-7-5-14(6-8-32)22-26-16(11-37-22)21(35)30-29-20(34)15-3-4-17(24)25-10-15/h3-4,9-11,14H,5-8H2,1-2H3,(H,29,34)(H,30,35). The third kappa shape index (κ3) is 5.13. The molecule has 0 radical (unpaired) electrons. The van der Waals surface area contributed by atoms with Crippen LogP contribution in [-0.4, -0.2) is 65.5 Å². The molecule has 0 bridgehead atoms. The number of carbonyl (C=O) groups is 3. The number of piperidine rings is 1. The van der Waals surface area contributed by atoms with E-state index < -0.39 is 11.8 Å². The predicted molar refractivity (Wildman–Crippen MR) is 134 cm³/mol. The summed E-state index contributed by atoms with van der Waals surface area (Å²) in [6, 6.07) is 4.80. The van der Waals surface area contributed by atoms with Crippen LogP contribution in [0.4, 0.5) is 0 Å². The van der Waals surface area contributed by atoms with Crippen LogP contribution < -0.4 is 10.9 Å². The first-order chi connectivity index (χ1) is 17.8. The van der Waals surface area contributed by atoms with E-state index in [1.807, 2.05) is 19.9 Å². The number of carbonyl (C=O) groups excluding carboxylic acids is 3. The molecule has 4 aromatic rings. The molecule has 5 heterocycles. The van der Waals surface area contributed by atoms with Crippen LogP contribution in [0.5, 0.6) is 0 Å². The number of nitrogens with zero attached hydrogens (tertiary/aromatic N) is 7. The summed E-state index contributed by atoms with van der Waals surface area (Å²) in [6.45, 7) is 4.74. The Hall–Kier alpha value is -3.97. The zero-order valence-corrected chi connectivity index (χ0v) is 21.5. The molecule has 14 heteroatoms. The SMILES string of the molecule is Cc1cc2nnc(C(=O)N3CCC(c4nc(C(=O)NNC(=O)c5ccc(Cl)nc5)cs4)CC3)c(C)n2n1. The molecule has 0 aromatic carbocycles. The molecule has 2 N–H and O–H groups in total. The van der Waals surface area contributed by atoms with Gasteiger partial charge in [0.15, 0.2) is 11.3 Å². The Morgan fingerprint density at radius 1 is 1.08 bits per heavy atom. The van der Waals surface area contributed by atoms with Crippen molar-refractivity contribution in [3.63, 3.8) is 0 Å². The van der Waals surface area contributed by atoms with Crippen LogP contribution in [-0.2, 0) is 0 Å². The van der Waals surface area contributed by atoms with Gasteiger partial charge in [-0.05, 0) is 38.8 Å². The summed E-state index contributed by atoms with van der Waals surface area (Å²) >= 11 is 7.10. The number of fused-ring (bicyclic) bond motifs is 1. The van der Waals surface area contributed by atoms with Gasteiger partial charge in [-0.25, -0.2) is 14.5 Å². The van der Waals surface area contributed by atoms with Crippen LogP contribution in [0.3, 0.4) is 0 Å². The van der Waals surface area contributed by atoms with Crippen molar-refractivity contribution in [1.82, 2.24) is 45.5 Å². The Morgan fingerprint density at radius 3 is 2.57 bits per heavy atom. The highest BCUT2D eigenvalue weighted by molar-refractivity contribution is 7.09. The van der Waals surface area contributed by atoms with Crippen molar-refractivity contribution in [2.75, 3.05) is 13.1 Å². The molecule has 1 saturated heterocycles. The molecule has 1 fully saturated rings. The first-order valence-corrected chi connectivity index (χ1v) is 12.7. The van der Waals surface area contributed by atoms with E-state index >= 15 is 0 Å². The Bertz CT molecular complexity index is 1490. The summed E-state index contributed by atoms with van der Waals surface area (Å²) in [4.78, 5) is 47.8. The van der Waals surface area contributed by atoms with Gasteiger partial charge in [0.1, 0.15) is 10.8 Å². The molecular formula is C23H22ClN9O3S. The maximum atomic E-state index is 13.1. The fourth-order valence-corrected chi connectivity index (χ4v) is 5.18. The highest BCUT2D eigenvalue weighted by Gasteiger charge is 2.29. The lowest BCUT2D eigenvalue weighted by Gasteiger charge is -2.31. The number of amides is 3. The van der Waals surface area contributed by atoms with Crippen LogP contribution in [0.15, 0.2) is 29.8 Å². The molecule has 0 unspecified atom stereocenters. The third-order valence-corrected chi connectivity index (χ3v) is 7.32. The summed E-state index contributed by atoms with van der Waals surface area (Å²) in [7, 11) is 0. The van der Waals surface area contributed by atoms with Gasteiger partial charge in [0, 0.05) is 36.7 Å². The lowest BCUT2D eigenvalue weighted by atomic mass is 9.97. The molecule has 0 aliphatic carbocycles. The van der Waals surface area contributed by atoms with Crippen molar-refractivity contribution in [2.24, 2.45) is 0 Å². The summed E-state index contributed by atoms with van der Waals surface area (Å²) < 4.78 is 1.64. The number of hydrazine groups is 1. The van der Waals surface area contributed by atoms with Crippen molar-refractivity contribution in [2.45, 2.75) is 32.6 Å². The van der Waals surface area contributed by atoms with Crippen LogP contribution >= 0.6 is 22.9 Å². The van der Waals surface area contributed by atoms with Gasteiger partial charge < -0.3 is 4.90 Å². The summed E-state index contributed by atoms with van der Waals surface area (Å²) in [5, 5.41) is 15.4. The van der Waals surface area contributed by atoms with Gasteiger partial charge in [-0.3, -0.25) is 25.2 Å². The summed E-state index contributed by atoms with van der Waals surface area (Å²) in [6.07, 6.45) is 2.72. The number of aromatic nitrogens is 6. The van der Waals surface area contributed by atoms with Gasteiger partial charge in [-0.15, -0.1) is 21.5 Å². The molecular weight excluding hydrogens is 518 g/mol. The van der Waals surface area contributed by atoms with Crippen molar-refractivity contribution in [3.05, 3.63) is 68.3 Å². The second-order valence-electron chi connectivity index (χ2n) is 8.61. The maximum absolute atomic E-state index is 13.1. The van der Waals surface area contributed by atoms with Crippen molar-refractivity contribution >= 4 is 46.3 Å². The monoisotopic (exact) mass is 539 g/mol. The van der Waals surface area contributed by atoms with Crippen LogP contribution in [0.2, 0.25) is 5.15 Å². The number of hydrogen-bond donors (Lipinski definition) is 2. The van der Waals surface area contributed by atoms with E-state index in [4.69, 9.17) is 11.6 Å². The lowest BCUT2D eigenvalue weighted by Crippen LogP contribution is -2.41. The van der Waals surface area contributed by atoms with Gasteiger partial charge in [-0.1, -0.05) is 11.6 Å². The van der Waals surface area contributed by atoms with E-state index in [1.165, 1.54) is 29.7 Å².